The van der Waals surface area contributed by atoms with Crippen LogP contribution in [-0.4, -0.2) is 66.7 Å². The Morgan fingerprint density at radius 2 is 2.14 bits per heavy atom. The zero-order valence-electron chi connectivity index (χ0n) is 14.6. The van der Waals surface area contributed by atoms with Gasteiger partial charge in [0.1, 0.15) is 5.60 Å². The van der Waals surface area contributed by atoms with E-state index in [1.165, 1.54) is 0 Å². The highest BCUT2D eigenvalue weighted by molar-refractivity contribution is 5.68. The molecule has 0 aromatic carbocycles. The number of nitrogens with zero attached hydrogens (tertiary/aromatic N) is 1. The third-order valence-electron chi connectivity index (χ3n) is 3.61. The van der Waals surface area contributed by atoms with Crippen molar-refractivity contribution in [3.8, 4) is 0 Å². The SMILES string of the molecule is CC(CO)CNC(C)CC1COCCN1C(=O)OC(C)(C)C. The number of hydrogen-bond acceptors (Lipinski definition) is 5. The first-order valence-electron chi connectivity index (χ1n) is 8.14. The van der Waals surface area contributed by atoms with Crippen molar-refractivity contribution in [2.75, 3.05) is 32.9 Å². The minimum Gasteiger partial charge on any atom is -0.444 e. The molecule has 0 spiro atoms. The van der Waals surface area contributed by atoms with Crippen LogP contribution in [0.1, 0.15) is 41.0 Å². The molecule has 0 radical (unpaired) electrons. The molecule has 1 amide bonds. The van der Waals surface area contributed by atoms with Gasteiger partial charge in [0.05, 0.1) is 19.3 Å². The van der Waals surface area contributed by atoms with Crippen molar-refractivity contribution in [3.05, 3.63) is 0 Å². The van der Waals surface area contributed by atoms with Gasteiger partial charge in [-0.15, -0.1) is 0 Å². The predicted octanol–water partition coefficient (Wildman–Crippen LogP) is 1.62. The van der Waals surface area contributed by atoms with Crippen molar-refractivity contribution in [1.29, 1.82) is 0 Å². The van der Waals surface area contributed by atoms with E-state index in [4.69, 9.17) is 14.6 Å². The van der Waals surface area contributed by atoms with E-state index < -0.39 is 5.60 Å². The Labute approximate surface area is 134 Å². The lowest BCUT2D eigenvalue weighted by molar-refractivity contribution is -0.0356. The number of carbonyl (C=O) groups is 1. The van der Waals surface area contributed by atoms with Crippen molar-refractivity contribution in [2.24, 2.45) is 5.92 Å². The molecule has 130 valence electrons. The van der Waals surface area contributed by atoms with Gasteiger partial charge in [0.25, 0.3) is 0 Å². The first-order chi connectivity index (χ1) is 10.2. The van der Waals surface area contributed by atoms with Gasteiger partial charge in [-0.1, -0.05) is 6.92 Å². The fourth-order valence-corrected chi connectivity index (χ4v) is 2.37. The van der Waals surface area contributed by atoms with Crippen LogP contribution in [-0.2, 0) is 9.47 Å². The molecule has 0 aliphatic carbocycles. The van der Waals surface area contributed by atoms with Crippen LogP contribution in [0.2, 0.25) is 0 Å². The van der Waals surface area contributed by atoms with Crippen LogP contribution < -0.4 is 5.32 Å². The van der Waals surface area contributed by atoms with Gasteiger partial charge in [-0.25, -0.2) is 4.79 Å². The molecule has 1 rings (SSSR count). The summed E-state index contributed by atoms with van der Waals surface area (Å²) in [7, 11) is 0. The van der Waals surface area contributed by atoms with Gasteiger partial charge < -0.3 is 24.8 Å². The van der Waals surface area contributed by atoms with Crippen molar-refractivity contribution >= 4 is 6.09 Å². The third kappa shape index (κ3) is 6.94. The van der Waals surface area contributed by atoms with Gasteiger partial charge in [0.2, 0.25) is 0 Å². The molecule has 1 aliphatic rings. The summed E-state index contributed by atoms with van der Waals surface area (Å²) in [6, 6.07) is 0.265. The Balaban J connectivity index is 2.52. The van der Waals surface area contributed by atoms with Crippen LogP contribution in [0, 0.1) is 5.92 Å². The van der Waals surface area contributed by atoms with Crippen molar-refractivity contribution < 1.29 is 19.4 Å². The molecule has 1 fully saturated rings. The predicted molar refractivity (Wildman–Crippen MR) is 85.9 cm³/mol. The maximum Gasteiger partial charge on any atom is 0.410 e. The molecule has 0 aromatic rings. The Bertz CT molecular complexity index is 344. The summed E-state index contributed by atoms with van der Waals surface area (Å²) in [5.41, 5.74) is -0.486. The molecule has 0 aromatic heterocycles. The summed E-state index contributed by atoms with van der Waals surface area (Å²) in [6.45, 7) is 12.3. The highest BCUT2D eigenvalue weighted by atomic mass is 16.6. The van der Waals surface area contributed by atoms with Gasteiger partial charge in [-0.3, -0.25) is 0 Å². The summed E-state index contributed by atoms with van der Waals surface area (Å²) in [6.07, 6.45) is 0.536. The van der Waals surface area contributed by atoms with Gasteiger partial charge in [0.15, 0.2) is 0 Å². The fraction of sp³-hybridized carbons (Fsp3) is 0.938. The molecule has 0 saturated carbocycles. The summed E-state index contributed by atoms with van der Waals surface area (Å²) in [4.78, 5) is 14.1. The van der Waals surface area contributed by atoms with E-state index in [1.54, 1.807) is 4.90 Å². The number of nitrogens with one attached hydrogen (secondary N) is 1. The number of carbonyl (C=O) groups excluding carboxylic acids is 1. The molecule has 3 unspecified atom stereocenters. The molecule has 3 atom stereocenters. The lowest BCUT2D eigenvalue weighted by Gasteiger charge is -2.37. The van der Waals surface area contributed by atoms with E-state index >= 15 is 0 Å². The number of aliphatic hydroxyl groups excluding tert-OH is 1. The lowest BCUT2D eigenvalue weighted by Crippen LogP contribution is -2.52. The third-order valence-corrected chi connectivity index (χ3v) is 3.61. The Morgan fingerprint density at radius 1 is 1.45 bits per heavy atom. The van der Waals surface area contributed by atoms with E-state index in [2.05, 4.69) is 12.2 Å². The van der Waals surface area contributed by atoms with Crippen molar-refractivity contribution in [3.63, 3.8) is 0 Å². The average molecular weight is 316 g/mol. The van der Waals surface area contributed by atoms with E-state index in [9.17, 15) is 4.79 Å². The number of ether oxygens (including phenoxy) is 2. The van der Waals surface area contributed by atoms with Crippen LogP contribution in [0.4, 0.5) is 4.79 Å². The molecule has 1 aliphatic heterocycles. The molecule has 6 heteroatoms. The van der Waals surface area contributed by atoms with Crippen molar-refractivity contribution in [2.45, 2.75) is 58.7 Å². The average Bonchev–Trinajstić information content (AvgIpc) is 2.43. The topological polar surface area (TPSA) is 71.0 Å². The molecular formula is C16H32N2O4. The number of amides is 1. The second kappa shape index (κ2) is 8.70. The lowest BCUT2D eigenvalue weighted by atomic mass is 10.1. The van der Waals surface area contributed by atoms with Gasteiger partial charge in [0, 0.05) is 25.7 Å². The van der Waals surface area contributed by atoms with Crippen molar-refractivity contribution in [1.82, 2.24) is 10.2 Å². The molecule has 1 saturated heterocycles. The normalized spacial score (nSPS) is 22.3. The van der Waals surface area contributed by atoms with E-state index in [0.29, 0.717) is 19.8 Å². The second-order valence-corrected chi connectivity index (χ2v) is 7.24. The highest BCUT2D eigenvalue weighted by Gasteiger charge is 2.31. The zero-order chi connectivity index (χ0) is 16.8. The van der Waals surface area contributed by atoms with E-state index in [0.717, 1.165) is 13.0 Å². The largest absolute Gasteiger partial charge is 0.444 e. The summed E-state index contributed by atoms with van der Waals surface area (Å²) >= 11 is 0. The van der Waals surface area contributed by atoms with Crippen LogP contribution in [0.25, 0.3) is 0 Å². The minimum absolute atomic E-state index is 0.0236. The van der Waals surface area contributed by atoms with Crippen LogP contribution in [0.5, 0.6) is 0 Å². The number of morpholine rings is 1. The molecule has 22 heavy (non-hydrogen) atoms. The van der Waals surface area contributed by atoms with Crippen LogP contribution in [0.3, 0.4) is 0 Å². The smallest absolute Gasteiger partial charge is 0.410 e. The molecule has 1 heterocycles. The quantitative estimate of drug-likeness (QED) is 0.779. The van der Waals surface area contributed by atoms with Crippen LogP contribution in [0.15, 0.2) is 0 Å². The number of aliphatic hydroxyl groups is 1. The fourth-order valence-electron chi connectivity index (χ4n) is 2.37. The number of rotatable bonds is 6. The standard InChI is InChI=1S/C16H32N2O4/c1-12(10-19)9-17-13(2)8-14-11-21-7-6-18(14)15(20)22-16(3,4)5/h12-14,17,19H,6-11H2,1-5H3. The molecule has 6 nitrogen and oxygen atoms in total. The summed E-state index contributed by atoms with van der Waals surface area (Å²) < 4.78 is 11.0. The van der Waals surface area contributed by atoms with E-state index in [-0.39, 0.29) is 30.7 Å². The Kier molecular flexibility index (Phi) is 7.59. The first kappa shape index (κ1) is 19.2. The van der Waals surface area contributed by atoms with Gasteiger partial charge >= 0.3 is 6.09 Å². The maximum atomic E-state index is 12.3. The Hall–Kier alpha value is -0.850. The minimum atomic E-state index is -0.486. The van der Waals surface area contributed by atoms with E-state index in [1.807, 2.05) is 27.7 Å². The summed E-state index contributed by atoms with van der Waals surface area (Å²) in [5, 5.41) is 12.5. The summed E-state index contributed by atoms with van der Waals surface area (Å²) in [5.74, 6) is 0.229. The van der Waals surface area contributed by atoms with Gasteiger partial charge in [-0.05, 0) is 40.0 Å². The first-order valence-corrected chi connectivity index (χ1v) is 8.14. The second-order valence-electron chi connectivity index (χ2n) is 7.24. The van der Waals surface area contributed by atoms with Gasteiger partial charge in [-0.2, -0.15) is 0 Å². The Morgan fingerprint density at radius 3 is 2.73 bits per heavy atom. The highest BCUT2D eigenvalue weighted by Crippen LogP contribution is 2.17. The molecule has 0 bridgehead atoms. The van der Waals surface area contributed by atoms with Crippen LogP contribution >= 0.6 is 0 Å². The monoisotopic (exact) mass is 316 g/mol. The zero-order valence-corrected chi connectivity index (χ0v) is 14.6. The number of hydrogen-bond donors (Lipinski definition) is 2. The molecular weight excluding hydrogens is 284 g/mol. The maximum absolute atomic E-state index is 12.3. The molecule has 2 N–H and O–H groups in total.